The minimum atomic E-state index is -0.975. The van der Waals surface area contributed by atoms with Gasteiger partial charge >= 0.3 is 6.09 Å². The molecule has 0 aliphatic carbocycles. The maximum absolute atomic E-state index is 11.5. The van der Waals surface area contributed by atoms with Gasteiger partial charge in [0.1, 0.15) is 0 Å². The molecule has 2 amide bonds. The summed E-state index contributed by atoms with van der Waals surface area (Å²) in [4.78, 5) is 22.5. The summed E-state index contributed by atoms with van der Waals surface area (Å²) in [6.45, 7) is 7.49. The van der Waals surface area contributed by atoms with Crippen LogP contribution in [-0.4, -0.2) is 17.6 Å². The van der Waals surface area contributed by atoms with Crippen LogP contribution in [0.5, 0.6) is 0 Å². The number of rotatable bonds is 2. The summed E-state index contributed by atoms with van der Waals surface area (Å²) in [7, 11) is 0. The highest BCUT2D eigenvalue weighted by atomic mass is 16.6. The molecule has 1 aliphatic heterocycles. The zero-order chi connectivity index (χ0) is 10.2. The molecule has 1 heterocycles. The maximum atomic E-state index is 11.5. The molecule has 1 saturated heterocycles. The van der Waals surface area contributed by atoms with Gasteiger partial charge in [0.15, 0.2) is 5.60 Å². The number of imide groups is 1. The van der Waals surface area contributed by atoms with E-state index < -0.39 is 11.7 Å². The minimum Gasteiger partial charge on any atom is -0.432 e. The van der Waals surface area contributed by atoms with Crippen LogP contribution in [0.3, 0.4) is 0 Å². The molecule has 0 aromatic rings. The molecule has 0 saturated carbocycles. The molecule has 1 fully saturated rings. The van der Waals surface area contributed by atoms with Crippen molar-refractivity contribution < 1.29 is 14.3 Å². The fraction of sp³-hybridized carbons (Fsp3) is 0.778. The van der Waals surface area contributed by atoms with Crippen LogP contribution in [-0.2, 0) is 9.53 Å². The normalized spacial score (nSPS) is 20.8. The average Bonchev–Trinajstić information content (AvgIpc) is 2.26. The Hall–Kier alpha value is -1.06. The van der Waals surface area contributed by atoms with Crippen molar-refractivity contribution in [3.05, 3.63) is 0 Å². The molecular weight excluding hydrogens is 170 g/mol. The molecule has 0 aromatic carbocycles. The van der Waals surface area contributed by atoms with E-state index in [4.69, 9.17) is 4.74 Å². The van der Waals surface area contributed by atoms with E-state index in [1.165, 1.54) is 0 Å². The lowest BCUT2D eigenvalue weighted by molar-refractivity contribution is -0.139. The van der Waals surface area contributed by atoms with Gasteiger partial charge in [0.2, 0.25) is 0 Å². The molecule has 0 bridgehead atoms. The van der Waals surface area contributed by atoms with Crippen molar-refractivity contribution in [3.8, 4) is 0 Å². The highest BCUT2D eigenvalue weighted by molar-refractivity contribution is 6.03. The van der Waals surface area contributed by atoms with Gasteiger partial charge in [0, 0.05) is 11.8 Å². The van der Waals surface area contributed by atoms with Gasteiger partial charge in [-0.3, -0.25) is 10.1 Å². The van der Waals surface area contributed by atoms with Gasteiger partial charge in [0.05, 0.1) is 0 Å². The summed E-state index contributed by atoms with van der Waals surface area (Å²) >= 11 is 0. The number of ether oxygens (including phenoxy) is 1. The van der Waals surface area contributed by atoms with E-state index >= 15 is 0 Å². The molecule has 1 rings (SSSR count). The molecule has 4 heteroatoms. The van der Waals surface area contributed by atoms with Crippen LogP contribution in [0.25, 0.3) is 0 Å². The van der Waals surface area contributed by atoms with Crippen LogP contribution in [0, 0.1) is 11.8 Å². The number of cyclic esters (lactones) is 1. The first-order valence-corrected chi connectivity index (χ1v) is 4.45. The predicted octanol–water partition coefficient (Wildman–Crippen LogP) is 1.30. The first-order chi connectivity index (χ1) is 5.91. The first kappa shape index (κ1) is 10.0. The lowest BCUT2D eigenvalue weighted by Gasteiger charge is -2.32. The van der Waals surface area contributed by atoms with Gasteiger partial charge in [-0.25, -0.2) is 4.79 Å². The van der Waals surface area contributed by atoms with Crippen molar-refractivity contribution in [2.24, 2.45) is 11.8 Å². The third kappa shape index (κ3) is 1.30. The number of carbonyl (C=O) groups excluding carboxylic acids is 2. The molecule has 13 heavy (non-hydrogen) atoms. The second-order valence-corrected chi connectivity index (χ2v) is 3.95. The molecule has 4 nitrogen and oxygen atoms in total. The van der Waals surface area contributed by atoms with Crippen molar-refractivity contribution in [1.82, 2.24) is 5.32 Å². The molecule has 0 atom stereocenters. The fourth-order valence-electron chi connectivity index (χ4n) is 1.84. The largest absolute Gasteiger partial charge is 0.432 e. The number of alkyl carbamates (subject to hydrolysis) is 1. The topological polar surface area (TPSA) is 55.4 Å². The van der Waals surface area contributed by atoms with Crippen molar-refractivity contribution in [3.63, 3.8) is 0 Å². The Morgan fingerprint density at radius 1 is 1.15 bits per heavy atom. The Bertz CT molecular complexity index is 237. The first-order valence-electron chi connectivity index (χ1n) is 4.45. The number of nitrogens with one attached hydrogen (secondary N) is 1. The number of carbonyl (C=O) groups is 2. The zero-order valence-electron chi connectivity index (χ0n) is 8.38. The molecule has 74 valence electrons. The predicted molar refractivity (Wildman–Crippen MR) is 47.0 cm³/mol. The Morgan fingerprint density at radius 3 is 1.77 bits per heavy atom. The molecule has 0 aromatic heterocycles. The van der Waals surface area contributed by atoms with Crippen LogP contribution >= 0.6 is 0 Å². The van der Waals surface area contributed by atoms with E-state index in [1.807, 2.05) is 27.7 Å². The van der Waals surface area contributed by atoms with Gasteiger partial charge in [-0.15, -0.1) is 0 Å². The molecule has 0 spiro atoms. The average molecular weight is 185 g/mol. The molecule has 1 aliphatic rings. The van der Waals surface area contributed by atoms with Crippen molar-refractivity contribution in [1.29, 1.82) is 0 Å². The van der Waals surface area contributed by atoms with Crippen LogP contribution in [0.15, 0.2) is 0 Å². The second kappa shape index (κ2) is 3.01. The number of hydrogen-bond acceptors (Lipinski definition) is 3. The summed E-state index contributed by atoms with van der Waals surface area (Å²) < 4.78 is 5.08. The SMILES string of the molecule is CC(C)C1(C(C)C)OC(=O)NC1=O. The summed E-state index contributed by atoms with van der Waals surface area (Å²) in [6, 6.07) is 0. The fourth-order valence-corrected chi connectivity index (χ4v) is 1.84. The van der Waals surface area contributed by atoms with Crippen molar-refractivity contribution in [2.45, 2.75) is 33.3 Å². The monoisotopic (exact) mass is 185 g/mol. The van der Waals surface area contributed by atoms with Crippen LogP contribution in [0.2, 0.25) is 0 Å². The van der Waals surface area contributed by atoms with Gasteiger partial charge in [-0.2, -0.15) is 0 Å². The summed E-state index contributed by atoms with van der Waals surface area (Å²) in [6.07, 6.45) is -0.632. The van der Waals surface area contributed by atoms with Crippen molar-refractivity contribution in [2.75, 3.05) is 0 Å². The van der Waals surface area contributed by atoms with Gasteiger partial charge in [-0.1, -0.05) is 27.7 Å². The number of amides is 2. The van der Waals surface area contributed by atoms with Crippen LogP contribution in [0.1, 0.15) is 27.7 Å². The summed E-state index contributed by atoms with van der Waals surface area (Å²) in [5.41, 5.74) is -0.975. The minimum absolute atomic E-state index is 0.0149. The van der Waals surface area contributed by atoms with E-state index in [1.54, 1.807) is 0 Å². The highest BCUT2D eigenvalue weighted by Crippen LogP contribution is 2.33. The van der Waals surface area contributed by atoms with E-state index in [0.717, 1.165) is 0 Å². The summed E-state index contributed by atoms with van der Waals surface area (Å²) in [5, 5.41) is 2.17. The second-order valence-electron chi connectivity index (χ2n) is 3.95. The van der Waals surface area contributed by atoms with E-state index in [9.17, 15) is 9.59 Å². The number of hydrogen-bond donors (Lipinski definition) is 1. The Morgan fingerprint density at radius 2 is 1.62 bits per heavy atom. The Labute approximate surface area is 77.6 Å². The smallest absolute Gasteiger partial charge is 0.415 e. The van der Waals surface area contributed by atoms with Crippen LogP contribution in [0.4, 0.5) is 4.79 Å². The van der Waals surface area contributed by atoms with E-state index in [2.05, 4.69) is 5.32 Å². The highest BCUT2D eigenvalue weighted by Gasteiger charge is 2.53. The van der Waals surface area contributed by atoms with Gasteiger partial charge in [-0.05, 0) is 0 Å². The third-order valence-electron chi connectivity index (χ3n) is 2.55. The van der Waals surface area contributed by atoms with E-state index in [0.29, 0.717) is 0 Å². The summed E-state index contributed by atoms with van der Waals surface area (Å²) in [5.74, 6) is -0.347. The molecule has 0 radical (unpaired) electrons. The van der Waals surface area contributed by atoms with Crippen LogP contribution < -0.4 is 5.32 Å². The Kier molecular flexibility index (Phi) is 2.32. The molecular formula is C9H15NO3. The van der Waals surface area contributed by atoms with Gasteiger partial charge in [0.25, 0.3) is 5.91 Å². The lowest BCUT2D eigenvalue weighted by Crippen LogP contribution is -2.48. The quantitative estimate of drug-likeness (QED) is 0.705. The lowest BCUT2D eigenvalue weighted by atomic mass is 9.80. The molecule has 1 N–H and O–H groups in total. The third-order valence-corrected chi connectivity index (χ3v) is 2.55. The Balaban J connectivity index is 3.05. The molecule has 0 unspecified atom stereocenters. The van der Waals surface area contributed by atoms with Crippen molar-refractivity contribution >= 4 is 12.0 Å². The maximum Gasteiger partial charge on any atom is 0.415 e. The standard InChI is InChI=1S/C9H15NO3/c1-5(2)9(6(3)4)7(11)10-8(12)13-9/h5-6H,1-4H3,(H,10,11,12). The zero-order valence-corrected chi connectivity index (χ0v) is 8.38. The van der Waals surface area contributed by atoms with Gasteiger partial charge < -0.3 is 4.74 Å². The van der Waals surface area contributed by atoms with E-state index in [-0.39, 0.29) is 17.7 Å².